The first-order chi connectivity index (χ1) is 9.00. The first kappa shape index (κ1) is 13.8. The number of hydrogen-bond acceptors (Lipinski definition) is 4. The number of anilines is 1. The number of aromatic nitrogens is 1. The average Bonchev–Trinajstić information content (AvgIpc) is 2.37. The molecule has 0 bridgehead atoms. The fourth-order valence-corrected chi connectivity index (χ4v) is 2.71. The highest BCUT2D eigenvalue weighted by Crippen LogP contribution is 2.24. The van der Waals surface area contributed by atoms with Crippen LogP contribution in [0.5, 0.6) is 0 Å². The van der Waals surface area contributed by atoms with E-state index in [4.69, 9.17) is 5.73 Å². The Hall–Kier alpha value is -1.62. The van der Waals surface area contributed by atoms with Crippen molar-refractivity contribution in [3.8, 4) is 0 Å². The van der Waals surface area contributed by atoms with Crippen LogP contribution in [0.1, 0.15) is 34.5 Å². The third-order valence-corrected chi connectivity index (χ3v) is 3.72. The van der Waals surface area contributed by atoms with Crippen molar-refractivity contribution in [3.05, 3.63) is 22.9 Å². The van der Waals surface area contributed by atoms with Crippen molar-refractivity contribution in [2.75, 3.05) is 25.0 Å². The molecular weight excluding hydrogens is 240 g/mol. The number of nitrogens with two attached hydrogens (primary N) is 1. The van der Waals surface area contributed by atoms with Crippen LogP contribution < -0.4 is 16.0 Å². The summed E-state index contributed by atoms with van der Waals surface area (Å²) >= 11 is 0. The van der Waals surface area contributed by atoms with Gasteiger partial charge in [-0.25, -0.2) is 4.98 Å². The molecule has 1 atom stereocenters. The van der Waals surface area contributed by atoms with E-state index in [0.717, 1.165) is 37.2 Å². The fraction of sp³-hybridized carbons (Fsp3) is 0.571. The van der Waals surface area contributed by atoms with E-state index in [0.29, 0.717) is 17.4 Å². The molecule has 0 saturated carbocycles. The first-order valence-corrected chi connectivity index (χ1v) is 6.72. The summed E-state index contributed by atoms with van der Waals surface area (Å²) in [5, 5.41) is 3.38. The van der Waals surface area contributed by atoms with Crippen LogP contribution in [0.4, 0.5) is 5.82 Å². The summed E-state index contributed by atoms with van der Waals surface area (Å²) in [6.45, 7) is 5.83. The second kappa shape index (κ2) is 5.57. The zero-order chi connectivity index (χ0) is 14.0. The number of nitrogens with zero attached hydrogens (tertiary/aromatic N) is 2. The molecule has 5 heteroatoms. The van der Waals surface area contributed by atoms with Crippen LogP contribution in [0.3, 0.4) is 0 Å². The van der Waals surface area contributed by atoms with E-state index in [1.165, 1.54) is 0 Å². The summed E-state index contributed by atoms with van der Waals surface area (Å²) in [5.74, 6) is 0.300. The summed E-state index contributed by atoms with van der Waals surface area (Å²) in [6.07, 6.45) is 2.25. The number of rotatable bonds is 3. The highest BCUT2D eigenvalue weighted by molar-refractivity contribution is 5.99. The Bertz CT molecular complexity index is 481. The Kier molecular flexibility index (Phi) is 4.04. The number of piperidine rings is 1. The van der Waals surface area contributed by atoms with Gasteiger partial charge >= 0.3 is 0 Å². The van der Waals surface area contributed by atoms with Crippen molar-refractivity contribution in [1.29, 1.82) is 0 Å². The van der Waals surface area contributed by atoms with Gasteiger partial charge in [-0.1, -0.05) is 0 Å². The lowest BCUT2D eigenvalue weighted by Gasteiger charge is -2.33. The summed E-state index contributed by atoms with van der Waals surface area (Å²) in [5.41, 5.74) is 7.86. The molecule has 0 aliphatic carbocycles. The topological polar surface area (TPSA) is 71.2 Å². The van der Waals surface area contributed by atoms with E-state index in [9.17, 15) is 4.79 Å². The number of pyridine rings is 1. The van der Waals surface area contributed by atoms with Crippen molar-refractivity contribution < 1.29 is 4.79 Å². The van der Waals surface area contributed by atoms with Gasteiger partial charge in [0.25, 0.3) is 5.91 Å². The van der Waals surface area contributed by atoms with Crippen molar-refractivity contribution in [2.45, 2.75) is 32.7 Å². The molecule has 2 heterocycles. The van der Waals surface area contributed by atoms with Crippen LogP contribution in [-0.2, 0) is 0 Å². The molecule has 2 rings (SSSR count). The summed E-state index contributed by atoms with van der Waals surface area (Å²) in [7, 11) is 1.99. The standard InChI is InChI=1S/C14H22N4O/c1-9-7-10(2)17-14(12(9)13(15)19)18(3)11-5-4-6-16-8-11/h7,11,16H,4-6,8H2,1-3H3,(H2,15,19). The minimum Gasteiger partial charge on any atom is -0.365 e. The van der Waals surface area contributed by atoms with E-state index in [-0.39, 0.29) is 0 Å². The molecule has 1 aliphatic heterocycles. The van der Waals surface area contributed by atoms with Gasteiger partial charge in [0.15, 0.2) is 0 Å². The van der Waals surface area contributed by atoms with Gasteiger partial charge in [-0.15, -0.1) is 0 Å². The van der Waals surface area contributed by atoms with Crippen LogP contribution in [-0.4, -0.2) is 37.1 Å². The van der Waals surface area contributed by atoms with Crippen LogP contribution in [0, 0.1) is 13.8 Å². The quantitative estimate of drug-likeness (QED) is 0.852. The van der Waals surface area contributed by atoms with Crippen molar-refractivity contribution in [3.63, 3.8) is 0 Å². The lowest BCUT2D eigenvalue weighted by atomic mass is 10.0. The Morgan fingerprint density at radius 3 is 2.84 bits per heavy atom. The molecule has 1 fully saturated rings. The van der Waals surface area contributed by atoms with E-state index in [1.54, 1.807) is 0 Å². The number of hydrogen-bond donors (Lipinski definition) is 2. The predicted molar refractivity (Wildman–Crippen MR) is 76.5 cm³/mol. The molecule has 5 nitrogen and oxygen atoms in total. The third-order valence-electron chi connectivity index (χ3n) is 3.72. The maximum absolute atomic E-state index is 11.7. The molecule has 1 aromatic rings. The van der Waals surface area contributed by atoms with Gasteiger partial charge in [0.05, 0.1) is 5.56 Å². The van der Waals surface area contributed by atoms with E-state index >= 15 is 0 Å². The predicted octanol–water partition coefficient (Wildman–Crippen LogP) is 0.986. The number of amides is 1. The van der Waals surface area contributed by atoms with Gasteiger partial charge in [0, 0.05) is 25.3 Å². The van der Waals surface area contributed by atoms with Crippen LogP contribution in [0.15, 0.2) is 6.07 Å². The number of aryl methyl sites for hydroxylation is 2. The highest BCUT2D eigenvalue weighted by Gasteiger charge is 2.24. The highest BCUT2D eigenvalue weighted by atomic mass is 16.1. The van der Waals surface area contributed by atoms with Crippen LogP contribution in [0.2, 0.25) is 0 Å². The third kappa shape index (κ3) is 2.87. The molecule has 1 aliphatic rings. The number of carbonyl (C=O) groups is 1. The molecule has 0 radical (unpaired) electrons. The molecule has 104 valence electrons. The van der Waals surface area contributed by atoms with Gasteiger partial charge < -0.3 is 16.0 Å². The van der Waals surface area contributed by atoms with Crippen molar-refractivity contribution in [1.82, 2.24) is 10.3 Å². The smallest absolute Gasteiger partial charge is 0.252 e. The maximum Gasteiger partial charge on any atom is 0.252 e. The van der Waals surface area contributed by atoms with Gasteiger partial charge in [0.2, 0.25) is 0 Å². The second-order valence-electron chi connectivity index (χ2n) is 5.25. The molecular formula is C14H22N4O. The first-order valence-electron chi connectivity index (χ1n) is 6.72. The second-order valence-corrected chi connectivity index (χ2v) is 5.25. The molecule has 1 saturated heterocycles. The maximum atomic E-state index is 11.7. The largest absolute Gasteiger partial charge is 0.365 e. The van der Waals surface area contributed by atoms with Crippen LogP contribution >= 0.6 is 0 Å². The molecule has 1 unspecified atom stereocenters. The Morgan fingerprint density at radius 1 is 1.53 bits per heavy atom. The van der Waals surface area contributed by atoms with Gasteiger partial charge in [0.1, 0.15) is 5.82 Å². The Morgan fingerprint density at radius 2 is 2.26 bits per heavy atom. The molecule has 1 amide bonds. The van der Waals surface area contributed by atoms with Crippen molar-refractivity contribution in [2.24, 2.45) is 5.73 Å². The summed E-state index contributed by atoms with van der Waals surface area (Å²) < 4.78 is 0. The van der Waals surface area contributed by atoms with Gasteiger partial charge in [-0.3, -0.25) is 4.79 Å². The Labute approximate surface area is 114 Å². The van der Waals surface area contributed by atoms with Crippen molar-refractivity contribution >= 4 is 11.7 Å². The Balaban J connectivity index is 2.39. The minimum absolute atomic E-state index is 0.362. The molecule has 0 spiro atoms. The number of primary amides is 1. The zero-order valence-corrected chi connectivity index (χ0v) is 11.9. The van der Waals surface area contributed by atoms with E-state index in [2.05, 4.69) is 15.2 Å². The summed E-state index contributed by atoms with van der Waals surface area (Å²) in [4.78, 5) is 18.3. The fourth-order valence-electron chi connectivity index (χ4n) is 2.71. The molecule has 1 aromatic heterocycles. The minimum atomic E-state index is -0.407. The van der Waals surface area contributed by atoms with Gasteiger partial charge in [-0.05, 0) is 44.9 Å². The van der Waals surface area contributed by atoms with E-state index < -0.39 is 5.91 Å². The SMILES string of the molecule is Cc1cc(C)c(C(N)=O)c(N(C)C2CCCNC2)n1. The number of likely N-dealkylation sites (N-methyl/N-ethyl adjacent to an activating group) is 1. The summed E-state index contributed by atoms with van der Waals surface area (Å²) in [6, 6.07) is 2.26. The van der Waals surface area contributed by atoms with Gasteiger partial charge in [-0.2, -0.15) is 0 Å². The molecule has 0 aromatic carbocycles. The zero-order valence-electron chi connectivity index (χ0n) is 11.9. The molecule has 19 heavy (non-hydrogen) atoms. The normalized spacial score (nSPS) is 19.2. The number of carbonyl (C=O) groups excluding carboxylic acids is 1. The van der Waals surface area contributed by atoms with Crippen LogP contribution in [0.25, 0.3) is 0 Å². The number of nitrogens with one attached hydrogen (secondary N) is 1. The average molecular weight is 262 g/mol. The lowest BCUT2D eigenvalue weighted by molar-refractivity contribution is 0.1000. The lowest BCUT2D eigenvalue weighted by Crippen LogP contribution is -2.45. The van der Waals surface area contributed by atoms with E-state index in [1.807, 2.05) is 27.0 Å². The molecule has 3 N–H and O–H groups in total. The monoisotopic (exact) mass is 262 g/mol.